The third-order valence-electron chi connectivity index (χ3n) is 9.40. The Kier molecular flexibility index (Phi) is 7.55. The van der Waals surface area contributed by atoms with Crippen molar-refractivity contribution in [2.24, 2.45) is 11.3 Å². The van der Waals surface area contributed by atoms with Gasteiger partial charge in [0.1, 0.15) is 11.4 Å². The predicted octanol–water partition coefficient (Wildman–Crippen LogP) is 5.35. The van der Waals surface area contributed by atoms with Crippen LogP contribution in [0.15, 0.2) is 36.5 Å². The van der Waals surface area contributed by atoms with Crippen molar-refractivity contribution in [1.29, 1.82) is 0 Å². The monoisotopic (exact) mass is 584 g/mol. The molecule has 0 atom stereocenters. The Morgan fingerprint density at radius 2 is 1.86 bits per heavy atom. The van der Waals surface area contributed by atoms with Crippen LogP contribution in [0.2, 0.25) is 0 Å². The summed E-state index contributed by atoms with van der Waals surface area (Å²) < 4.78 is 41.4. The maximum atomic E-state index is 13.1. The quantitative estimate of drug-likeness (QED) is 0.362. The lowest BCUT2D eigenvalue weighted by atomic mass is 9.57. The first-order chi connectivity index (χ1) is 19.9. The van der Waals surface area contributed by atoms with Crippen molar-refractivity contribution in [3.05, 3.63) is 53.5 Å². The molecule has 3 fully saturated rings. The molecule has 11 heteroatoms. The maximum absolute atomic E-state index is 13.1. The van der Waals surface area contributed by atoms with Gasteiger partial charge in [0.25, 0.3) is 5.91 Å². The number of carbonyl (C=O) groups excluding carboxylic acids is 1. The molecule has 2 saturated heterocycles. The van der Waals surface area contributed by atoms with Crippen LogP contribution in [0.5, 0.6) is 0 Å². The molecule has 2 aromatic heterocycles. The fourth-order valence-electron chi connectivity index (χ4n) is 7.18. The van der Waals surface area contributed by atoms with Crippen LogP contribution in [0.4, 0.5) is 18.9 Å². The van der Waals surface area contributed by atoms with Gasteiger partial charge < -0.3 is 20.6 Å². The lowest BCUT2D eigenvalue weighted by Crippen LogP contribution is -2.49. The second-order valence-electron chi connectivity index (χ2n) is 13.0. The Balaban J connectivity index is 1.14. The lowest BCUT2D eigenvalue weighted by Gasteiger charge is -2.52. The Bertz CT molecular complexity index is 1440. The van der Waals surface area contributed by atoms with Crippen LogP contribution in [0.3, 0.4) is 0 Å². The molecule has 2 aliphatic heterocycles. The second-order valence-corrected chi connectivity index (χ2v) is 13.0. The number of aromatic nitrogens is 3. The van der Waals surface area contributed by atoms with Gasteiger partial charge in [-0.2, -0.15) is 18.3 Å². The summed E-state index contributed by atoms with van der Waals surface area (Å²) in [4.78, 5) is 19.0. The van der Waals surface area contributed by atoms with Crippen LogP contribution in [-0.4, -0.2) is 63.4 Å². The smallest absolute Gasteiger partial charge is 0.386 e. The van der Waals surface area contributed by atoms with Gasteiger partial charge in [-0.05, 0) is 101 Å². The van der Waals surface area contributed by atoms with E-state index in [2.05, 4.69) is 20.5 Å². The number of fused-ring (bicyclic) bond motifs is 1. The van der Waals surface area contributed by atoms with E-state index in [0.29, 0.717) is 22.2 Å². The van der Waals surface area contributed by atoms with E-state index in [0.717, 1.165) is 62.5 Å². The number of piperidine rings is 2. The minimum Gasteiger partial charge on any atom is -0.386 e. The van der Waals surface area contributed by atoms with Gasteiger partial charge >= 0.3 is 6.18 Å². The van der Waals surface area contributed by atoms with Gasteiger partial charge in [-0.3, -0.25) is 9.48 Å². The molecule has 1 spiro atoms. The van der Waals surface area contributed by atoms with Crippen LogP contribution < -0.4 is 10.6 Å². The van der Waals surface area contributed by atoms with E-state index in [1.54, 1.807) is 26.0 Å². The molecule has 1 amide bonds. The number of aliphatic hydroxyl groups is 1. The molecule has 3 aromatic rings. The highest BCUT2D eigenvalue weighted by Gasteiger charge is 2.44. The van der Waals surface area contributed by atoms with Crippen molar-refractivity contribution >= 4 is 22.5 Å². The Morgan fingerprint density at radius 3 is 2.52 bits per heavy atom. The molecule has 0 unspecified atom stereocenters. The molecule has 0 bridgehead atoms. The van der Waals surface area contributed by atoms with Crippen molar-refractivity contribution in [3.8, 4) is 0 Å². The maximum Gasteiger partial charge on any atom is 0.433 e. The molecule has 8 nitrogen and oxygen atoms in total. The molecule has 1 aliphatic carbocycles. The zero-order chi connectivity index (χ0) is 29.7. The van der Waals surface area contributed by atoms with E-state index in [-0.39, 0.29) is 11.7 Å². The van der Waals surface area contributed by atoms with Crippen LogP contribution in [-0.2, 0) is 11.8 Å². The van der Waals surface area contributed by atoms with Crippen LogP contribution in [0, 0.1) is 11.3 Å². The number of carbonyl (C=O) groups is 1. The minimum absolute atomic E-state index is 0.253. The van der Waals surface area contributed by atoms with Crippen LogP contribution in [0.25, 0.3) is 10.9 Å². The SMILES string of the molecule is CC(C)(O)c1cc2nn(C3CCN(CC4CC5(CCNCC5)C4)CC3)cc2cc1NC(=O)c1cccc(C(F)(F)F)n1. The highest BCUT2D eigenvalue weighted by atomic mass is 19.4. The van der Waals surface area contributed by atoms with Crippen molar-refractivity contribution in [2.45, 2.75) is 70.2 Å². The van der Waals surface area contributed by atoms with E-state index >= 15 is 0 Å². The number of nitrogens with one attached hydrogen (secondary N) is 2. The summed E-state index contributed by atoms with van der Waals surface area (Å²) in [6.07, 6.45) is 4.66. The average molecular weight is 585 g/mol. The van der Waals surface area contributed by atoms with E-state index in [9.17, 15) is 23.1 Å². The van der Waals surface area contributed by atoms with Gasteiger partial charge in [-0.25, -0.2) is 4.98 Å². The number of nitrogens with zero attached hydrogens (tertiary/aromatic N) is 4. The van der Waals surface area contributed by atoms with E-state index in [4.69, 9.17) is 5.10 Å². The van der Waals surface area contributed by atoms with Crippen molar-refractivity contribution in [2.75, 3.05) is 38.0 Å². The summed E-state index contributed by atoms with van der Waals surface area (Å²) in [6.45, 7) is 8.76. The molecule has 0 radical (unpaired) electrons. The van der Waals surface area contributed by atoms with E-state index < -0.39 is 23.4 Å². The minimum atomic E-state index is -4.66. The van der Waals surface area contributed by atoms with Gasteiger partial charge in [-0.15, -0.1) is 0 Å². The fourth-order valence-corrected chi connectivity index (χ4v) is 7.18. The van der Waals surface area contributed by atoms with E-state index in [1.165, 1.54) is 38.3 Å². The summed E-state index contributed by atoms with van der Waals surface area (Å²) >= 11 is 0. The standard InChI is InChI=1S/C31H39F3N6O2/c1-29(2,42)23-15-25-21(14-26(23)37-28(41)24-4-3-5-27(36-24)31(32,33)34)19-40(38-25)22-6-12-39(13-7-22)18-20-16-30(17-20)8-10-35-11-9-30/h3-5,14-15,19-20,22,35,42H,6-13,16-18H2,1-2H3,(H,37,41). The fraction of sp³-hybridized carbons (Fsp3) is 0.581. The number of anilines is 1. The number of hydrogen-bond donors (Lipinski definition) is 3. The molecule has 4 heterocycles. The van der Waals surface area contributed by atoms with Crippen molar-refractivity contribution in [3.63, 3.8) is 0 Å². The average Bonchev–Trinajstić information content (AvgIpc) is 3.35. The number of alkyl halides is 3. The number of halogens is 3. The zero-order valence-electron chi connectivity index (χ0n) is 24.2. The molecular formula is C31H39F3N6O2. The van der Waals surface area contributed by atoms with Gasteiger partial charge in [-0.1, -0.05) is 6.07 Å². The first-order valence-corrected chi connectivity index (χ1v) is 14.9. The molecule has 1 aromatic carbocycles. The van der Waals surface area contributed by atoms with Gasteiger partial charge in [0.05, 0.1) is 17.2 Å². The second kappa shape index (κ2) is 10.9. The van der Waals surface area contributed by atoms with Crippen molar-refractivity contribution < 1.29 is 23.1 Å². The molecular weight excluding hydrogens is 545 g/mol. The van der Waals surface area contributed by atoms with Gasteiger partial charge in [0, 0.05) is 42.5 Å². The van der Waals surface area contributed by atoms with E-state index in [1.807, 2.05) is 10.9 Å². The van der Waals surface area contributed by atoms with Gasteiger partial charge in [0.15, 0.2) is 0 Å². The summed E-state index contributed by atoms with van der Waals surface area (Å²) in [5.74, 6) is 0.0233. The first kappa shape index (κ1) is 29.1. The highest BCUT2D eigenvalue weighted by Crippen LogP contribution is 2.52. The summed E-state index contributed by atoms with van der Waals surface area (Å²) in [7, 11) is 0. The summed E-state index contributed by atoms with van der Waals surface area (Å²) in [6, 6.07) is 6.92. The summed E-state index contributed by atoms with van der Waals surface area (Å²) in [5.41, 5.74) is -0.815. The Labute approximate surface area is 243 Å². The molecule has 1 saturated carbocycles. The Hall–Kier alpha value is -3.02. The Morgan fingerprint density at radius 1 is 1.14 bits per heavy atom. The topological polar surface area (TPSA) is 95.3 Å². The number of benzene rings is 1. The zero-order valence-corrected chi connectivity index (χ0v) is 24.2. The highest BCUT2D eigenvalue weighted by molar-refractivity contribution is 6.04. The number of hydrogen-bond acceptors (Lipinski definition) is 6. The summed E-state index contributed by atoms with van der Waals surface area (Å²) in [5, 5.41) is 22.6. The normalized spacial score (nSPS) is 20.6. The third-order valence-corrected chi connectivity index (χ3v) is 9.40. The van der Waals surface area contributed by atoms with Crippen LogP contribution in [0.1, 0.15) is 80.2 Å². The molecule has 226 valence electrons. The first-order valence-electron chi connectivity index (χ1n) is 14.9. The number of likely N-dealkylation sites (tertiary alicyclic amines) is 1. The van der Waals surface area contributed by atoms with Crippen LogP contribution >= 0.6 is 0 Å². The van der Waals surface area contributed by atoms with Crippen molar-refractivity contribution in [1.82, 2.24) is 25.0 Å². The number of pyridine rings is 1. The van der Waals surface area contributed by atoms with Gasteiger partial charge in [0.2, 0.25) is 0 Å². The molecule has 6 rings (SSSR count). The largest absolute Gasteiger partial charge is 0.433 e. The lowest BCUT2D eigenvalue weighted by molar-refractivity contribution is -0.141. The number of rotatable bonds is 6. The molecule has 42 heavy (non-hydrogen) atoms. The predicted molar refractivity (Wildman–Crippen MR) is 154 cm³/mol. The molecule has 3 aliphatic rings. The molecule has 3 N–H and O–H groups in total. The third kappa shape index (κ3) is 6.05. The number of amides is 1.